The van der Waals surface area contributed by atoms with Gasteiger partial charge in [-0.25, -0.2) is 0 Å². The van der Waals surface area contributed by atoms with Crippen LogP contribution in [0.3, 0.4) is 0 Å². The summed E-state index contributed by atoms with van der Waals surface area (Å²) in [5.74, 6) is 9.69. The Morgan fingerprint density at radius 1 is 0.750 bits per heavy atom. The van der Waals surface area contributed by atoms with E-state index in [1.165, 1.54) is 47.0 Å². The molecule has 0 aromatic heterocycles. The van der Waals surface area contributed by atoms with Crippen LogP contribution in [0.2, 0.25) is 11.5 Å². The van der Waals surface area contributed by atoms with E-state index in [1.807, 2.05) is 0 Å². The fourth-order valence-electron chi connectivity index (χ4n) is 4.32. The molecular formula is C24H36Cl2GeHf-2. The second kappa shape index (κ2) is 15.7. The van der Waals surface area contributed by atoms with E-state index in [-0.39, 0.29) is 34.9 Å². The summed E-state index contributed by atoms with van der Waals surface area (Å²) in [4.78, 5) is 0. The maximum atomic E-state index is 2.52. The van der Waals surface area contributed by atoms with Crippen molar-refractivity contribution in [3.8, 4) is 0 Å². The van der Waals surface area contributed by atoms with Crippen LogP contribution in [0, 0.1) is 48.3 Å². The summed E-state index contributed by atoms with van der Waals surface area (Å²) in [6.07, 6.45) is 28.5. The fourth-order valence-corrected chi connectivity index (χ4v) is 4.32. The first-order valence-corrected chi connectivity index (χ1v) is 25.0. The standard InChI is InChI=1S/2C11H15.C2H6Ge.2ClH.Hf/c2*1-2-9-7-10-5-3-4-6-11(10)8-9;1-3-2;;;/h2*3-7,9-11H,2,8H2,1H3;1-2H3;2*1H;/q2*-1;;;;+2/p-2. The molecule has 0 spiro atoms. The summed E-state index contributed by atoms with van der Waals surface area (Å²) in [7, 11) is -0.194. The van der Waals surface area contributed by atoms with Crippen LogP contribution in [0.25, 0.3) is 0 Å². The van der Waals surface area contributed by atoms with Gasteiger partial charge < -0.3 is 37.7 Å². The van der Waals surface area contributed by atoms with Gasteiger partial charge in [0.15, 0.2) is 0 Å². The van der Waals surface area contributed by atoms with Gasteiger partial charge in [0.05, 0.1) is 0 Å². The van der Waals surface area contributed by atoms with Gasteiger partial charge in [-0.2, -0.15) is 11.8 Å². The van der Waals surface area contributed by atoms with Gasteiger partial charge >= 0.3 is 42.8 Å². The SMILES string of the molecule is CCC1[CH-]C2C=CC=CC2C1.CCC1[CH-]C2C=CC=CC2C1.[CH3][Ge]([CH3])=[Hf+2].[Cl-].[Cl-]. The Labute approximate surface area is 202 Å². The molecule has 4 rings (SSSR count). The van der Waals surface area contributed by atoms with Gasteiger partial charge in [0.25, 0.3) is 0 Å². The normalized spacial score (nSPS) is 33.2. The van der Waals surface area contributed by atoms with Crippen molar-refractivity contribution in [2.45, 2.75) is 51.0 Å². The predicted molar refractivity (Wildman–Crippen MR) is 113 cm³/mol. The molecule has 0 saturated heterocycles. The molecular weight excluding hydrogens is 610 g/mol. The summed E-state index contributed by atoms with van der Waals surface area (Å²) in [6.45, 7) is 4.57. The van der Waals surface area contributed by atoms with Gasteiger partial charge in [-0.05, 0) is 11.8 Å². The zero-order chi connectivity index (χ0) is 18.9. The summed E-state index contributed by atoms with van der Waals surface area (Å²) >= 11 is 1.52. The van der Waals surface area contributed by atoms with Crippen molar-refractivity contribution in [3.05, 3.63) is 61.4 Å². The fraction of sp³-hybridized carbons (Fsp3) is 0.583. The van der Waals surface area contributed by atoms with E-state index in [9.17, 15) is 0 Å². The molecule has 0 bridgehead atoms. The minimum atomic E-state index is -0.194. The number of hydrogen-bond acceptors (Lipinski definition) is 0. The molecule has 0 aromatic carbocycles. The van der Waals surface area contributed by atoms with E-state index >= 15 is 0 Å². The molecule has 0 aromatic rings. The van der Waals surface area contributed by atoms with E-state index in [1.54, 1.807) is 0 Å². The topological polar surface area (TPSA) is 0 Å². The Kier molecular flexibility index (Phi) is 16.2. The molecule has 6 atom stereocenters. The van der Waals surface area contributed by atoms with Crippen molar-refractivity contribution < 1.29 is 46.1 Å². The summed E-state index contributed by atoms with van der Waals surface area (Å²) in [5.41, 5.74) is 0. The van der Waals surface area contributed by atoms with Crippen molar-refractivity contribution in [1.29, 1.82) is 0 Å². The third-order valence-corrected chi connectivity index (χ3v) is 5.78. The monoisotopic (exact) mass is 648 g/mol. The number of rotatable bonds is 2. The summed E-state index contributed by atoms with van der Waals surface area (Å²) < 4.78 is 0. The van der Waals surface area contributed by atoms with Crippen molar-refractivity contribution in [2.75, 3.05) is 0 Å². The molecule has 28 heavy (non-hydrogen) atoms. The molecule has 0 N–H and O–H groups in total. The van der Waals surface area contributed by atoms with Gasteiger partial charge in [0, 0.05) is 0 Å². The number of halogens is 2. The van der Waals surface area contributed by atoms with Crippen LogP contribution in [0.15, 0.2) is 48.6 Å². The van der Waals surface area contributed by atoms with Crippen LogP contribution in [-0.2, 0) is 21.3 Å². The number of hydrogen-bond donors (Lipinski definition) is 0. The minimum absolute atomic E-state index is 0. The van der Waals surface area contributed by atoms with Crippen LogP contribution >= 0.6 is 0 Å². The van der Waals surface area contributed by atoms with Crippen molar-refractivity contribution in [3.63, 3.8) is 0 Å². The quantitative estimate of drug-likeness (QED) is 0.307. The van der Waals surface area contributed by atoms with E-state index in [0.717, 1.165) is 35.5 Å². The van der Waals surface area contributed by atoms with Gasteiger partial charge in [-0.3, -0.25) is 0 Å². The largest absolute Gasteiger partial charge is 1.00 e. The summed E-state index contributed by atoms with van der Waals surface area (Å²) in [5, 5.41) is 0. The molecule has 2 fully saturated rings. The maximum Gasteiger partial charge on any atom is -1.00 e. The van der Waals surface area contributed by atoms with Gasteiger partial charge in [0.1, 0.15) is 0 Å². The number of allylic oxidation sites excluding steroid dienone is 8. The molecule has 6 unspecified atom stereocenters. The Morgan fingerprint density at radius 2 is 1.07 bits per heavy atom. The maximum absolute atomic E-state index is 2.52. The van der Waals surface area contributed by atoms with Crippen LogP contribution < -0.4 is 24.8 Å². The van der Waals surface area contributed by atoms with Crippen molar-refractivity contribution in [1.82, 2.24) is 0 Å². The first kappa shape index (κ1) is 29.0. The third-order valence-electron chi connectivity index (χ3n) is 5.78. The predicted octanol–water partition coefficient (Wildman–Crippen LogP) is 0.750. The Balaban J connectivity index is 0.000000415. The molecule has 4 aliphatic carbocycles. The van der Waals surface area contributed by atoms with Crippen LogP contribution in [0.4, 0.5) is 0 Å². The number of fused-ring (bicyclic) bond motifs is 2. The Morgan fingerprint density at radius 3 is 1.36 bits per heavy atom. The Bertz CT molecular complexity index is 479. The van der Waals surface area contributed by atoms with Crippen LogP contribution in [0.5, 0.6) is 0 Å². The zero-order valence-electron chi connectivity index (χ0n) is 17.8. The molecule has 4 aliphatic rings. The van der Waals surface area contributed by atoms with E-state index in [0.29, 0.717) is 0 Å². The Hall–Kier alpha value is 0.953. The third kappa shape index (κ3) is 9.84. The van der Waals surface area contributed by atoms with Crippen LogP contribution in [-0.4, -0.2) is 10.1 Å². The van der Waals surface area contributed by atoms with E-state index in [4.69, 9.17) is 0 Å². The molecule has 156 valence electrons. The minimum Gasteiger partial charge on any atom is -1.00 e. The average Bonchev–Trinajstić information content (AvgIpc) is 3.24. The molecule has 0 heterocycles. The van der Waals surface area contributed by atoms with Gasteiger partial charge in [-0.15, -0.1) is 24.0 Å². The first-order valence-electron chi connectivity index (χ1n) is 10.4. The van der Waals surface area contributed by atoms with E-state index < -0.39 is 0 Å². The molecule has 0 nitrogen and oxygen atoms in total. The molecule has 0 amide bonds. The van der Waals surface area contributed by atoms with Gasteiger partial charge in [-0.1, -0.05) is 76.0 Å². The molecule has 0 radical (unpaired) electrons. The second-order valence-corrected chi connectivity index (χ2v) is 31.1. The average molecular weight is 647 g/mol. The molecule has 2 saturated carbocycles. The van der Waals surface area contributed by atoms with Crippen molar-refractivity contribution in [2.24, 2.45) is 35.5 Å². The summed E-state index contributed by atoms with van der Waals surface area (Å²) in [6, 6.07) is 0. The zero-order valence-corrected chi connectivity index (χ0v) is 25.0. The smallest absolute Gasteiger partial charge is 1.00 e. The van der Waals surface area contributed by atoms with Gasteiger partial charge in [0.2, 0.25) is 0 Å². The van der Waals surface area contributed by atoms with E-state index in [2.05, 4.69) is 86.8 Å². The second-order valence-electron chi connectivity index (χ2n) is 8.21. The molecule has 4 heteroatoms. The van der Waals surface area contributed by atoms with Crippen molar-refractivity contribution >= 4 is 10.1 Å². The molecule has 0 aliphatic heterocycles. The first-order chi connectivity index (χ1) is 12.5. The van der Waals surface area contributed by atoms with Crippen LogP contribution in [0.1, 0.15) is 39.5 Å².